The summed E-state index contributed by atoms with van der Waals surface area (Å²) in [4.78, 5) is 6.80. The van der Waals surface area contributed by atoms with Gasteiger partial charge in [0.15, 0.2) is 0 Å². The minimum Gasteiger partial charge on any atom is -0.497 e. The highest BCUT2D eigenvalue weighted by atomic mass is 16.5. The molecule has 4 rings (SSSR count). The van der Waals surface area contributed by atoms with Crippen molar-refractivity contribution in [2.24, 2.45) is 0 Å². The molecular formula is C23H22N2O2. The van der Waals surface area contributed by atoms with Crippen LogP contribution in [0.4, 0.5) is 11.4 Å². The summed E-state index contributed by atoms with van der Waals surface area (Å²) < 4.78 is 5.33. The molecule has 3 aromatic carbocycles. The number of hydrogen-bond acceptors (Lipinski definition) is 4. The number of anilines is 2. The molecule has 0 unspecified atom stereocenters. The van der Waals surface area contributed by atoms with Gasteiger partial charge < -0.3 is 14.7 Å². The van der Waals surface area contributed by atoms with Gasteiger partial charge in [-0.15, -0.1) is 0 Å². The van der Waals surface area contributed by atoms with E-state index in [1.54, 1.807) is 7.11 Å². The number of aliphatic hydroxyl groups excluding tert-OH is 1. The Hall–Kier alpha value is -3.11. The molecule has 4 nitrogen and oxygen atoms in total. The molecule has 1 aromatic heterocycles. The van der Waals surface area contributed by atoms with E-state index in [4.69, 9.17) is 9.72 Å². The van der Waals surface area contributed by atoms with Crippen molar-refractivity contribution >= 4 is 33.2 Å². The summed E-state index contributed by atoms with van der Waals surface area (Å²) in [5.74, 6) is 0.791. The fraction of sp³-hybridized carbons (Fsp3) is 0.174. The van der Waals surface area contributed by atoms with Gasteiger partial charge in [0.2, 0.25) is 0 Å². The fourth-order valence-corrected chi connectivity index (χ4v) is 3.53. The molecule has 0 aliphatic rings. The van der Waals surface area contributed by atoms with Crippen LogP contribution in [-0.2, 0) is 0 Å². The number of para-hydroxylation sites is 1. The lowest BCUT2D eigenvalue weighted by molar-refractivity contribution is 0.305. The van der Waals surface area contributed by atoms with Crippen LogP contribution in [-0.4, -0.2) is 23.9 Å². The molecule has 1 heterocycles. The fourth-order valence-electron chi connectivity index (χ4n) is 3.53. The minimum atomic E-state index is -0.107. The first-order valence-corrected chi connectivity index (χ1v) is 8.94. The Labute approximate surface area is 158 Å². The van der Waals surface area contributed by atoms with Gasteiger partial charge in [-0.05, 0) is 61.4 Å². The number of methoxy groups -OCH3 is 1. The van der Waals surface area contributed by atoms with Gasteiger partial charge in [0.1, 0.15) is 12.5 Å². The van der Waals surface area contributed by atoms with Gasteiger partial charge in [0.05, 0.1) is 23.8 Å². The van der Waals surface area contributed by atoms with Crippen molar-refractivity contribution in [3.63, 3.8) is 0 Å². The number of aliphatic hydroxyl groups is 1. The third-order valence-electron chi connectivity index (χ3n) is 5.09. The van der Waals surface area contributed by atoms with Crippen LogP contribution >= 0.6 is 0 Å². The number of aryl methyl sites for hydroxylation is 1. The van der Waals surface area contributed by atoms with Crippen molar-refractivity contribution < 1.29 is 9.84 Å². The van der Waals surface area contributed by atoms with Gasteiger partial charge in [-0.1, -0.05) is 18.2 Å². The number of ether oxygens (including phenoxy) is 1. The van der Waals surface area contributed by atoms with Gasteiger partial charge in [-0.2, -0.15) is 0 Å². The molecule has 0 bridgehead atoms. The highest BCUT2D eigenvalue weighted by Gasteiger charge is 2.17. The number of aromatic nitrogens is 1. The van der Waals surface area contributed by atoms with E-state index in [1.165, 1.54) is 0 Å². The zero-order valence-corrected chi connectivity index (χ0v) is 15.7. The van der Waals surface area contributed by atoms with Crippen LogP contribution in [0.15, 0.2) is 60.7 Å². The smallest absolute Gasteiger partial charge is 0.121 e. The first-order chi connectivity index (χ1) is 13.1. The van der Waals surface area contributed by atoms with E-state index in [0.29, 0.717) is 0 Å². The lowest BCUT2D eigenvalue weighted by atomic mass is 10.00. The number of nitrogens with zero attached hydrogens (tertiary/aromatic N) is 2. The third-order valence-corrected chi connectivity index (χ3v) is 5.09. The van der Waals surface area contributed by atoms with Crippen LogP contribution in [0.5, 0.6) is 5.75 Å². The largest absolute Gasteiger partial charge is 0.497 e. The molecule has 0 radical (unpaired) electrons. The predicted molar refractivity (Wildman–Crippen MR) is 111 cm³/mol. The summed E-state index contributed by atoms with van der Waals surface area (Å²) in [5.41, 5.74) is 6.01. The van der Waals surface area contributed by atoms with Gasteiger partial charge in [0.25, 0.3) is 0 Å². The Kier molecular flexibility index (Phi) is 4.42. The molecule has 4 aromatic rings. The number of pyridine rings is 1. The van der Waals surface area contributed by atoms with Gasteiger partial charge in [-0.25, -0.2) is 4.98 Å². The van der Waals surface area contributed by atoms with Crippen LogP contribution in [0.25, 0.3) is 21.8 Å². The molecule has 0 spiro atoms. The molecule has 0 saturated heterocycles. The predicted octanol–water partition coefficient (Wildman–Crippen LogP) is 5.10. The van der Waals surface area contributed by atoms with Crippen LogP contribution < -0.4 is 9.64 Å². The molecule has 27 heavy (non-hydrogen) atoms. The first-order valence-electron chi connectivity index (χ1n) is 8.94. The highest BCUT2D eigenvalue weighted by molar-refractivity contribution is 6.02. The molecule has 1 N–H and O–H groups in total. The zero-order valence-electron chi connectivity index (χ0n) is 15.7. The van der Waals surface area contributed by atoms with E-state index < -0.39 is 0 Å². The maximum atomic E-state index is 10.2. The molecule has 136 valence electrons. The van der Waals surface area contributed by atoms with Gasteiger partial charge >= 0.3 is 0 Å². The topological polar surface area (TPSA) is 45.6 Å². The van der Waals surface area contributed by atoms with E-state index in [1.807, 2.05) is 53.4 Å². The third kappa shape index (κ3) is 2.98. The Morgan fingerprint density at radius 3 is 2.44 bits per heavy atom. The maximum absolute atomic E-state index is 10.2. The van der Waals surface area contributed by atoms with E-state index in [9.17, 15) is 5.11 Å². The molecular weight excluding hydrogens is 336 g/mol. The number of hydrogen-bond donors (Lipinski definition) is 1. The first kappa shape index (κ1) is 17.3. The summed E-state index contributed by atoms with van der Waals surface area (Å²) in [6.07, 6.45) is 0. The van der Waals surface area contributed by atoms with Gasteiger partial charge in [-0.3, -0.25) is 0 Å². The lowest BCUT2D eigenvalue weighted by Gasteiger charge is -2.27. The second-order valence-corrected chi connectivity index (χ2v) is 6.69. The molecule has 4 heteroatoms. The van der Waals surface area contributed by atoms with E-state index in [0.717, 1.165) is 50.1 Å². The normalized spacial score (nSPS) is 11.1. The average Bonchev–Trinajstić information content (AvgIpc) is 2.70. The van der Waals surface area contributed by atoms with Crippen LogP contribution in [0.3, 0.4) is 0 Å². The summed E-state index contributed by atoms with van der Waals surface area (Å²) in [7, 11) is 1.66. The van der Waals surface area contributed by atoms with E-state index in [2.05, 4.69) is 26.0 Å². The minimum absolute atomic E-state index is 0.107. The van der Waals surface area contributed by atoms with Crippen LogP contribution in [0.1, 0.15) is 11.1 Å². The van der Waals surface area contributed by atoms with Crippen molar-refractivity contribution in [2.75, 3.05) is 18.7 Å². The molecule has 0 fully saturated rings. The summed E-state index contributed by atoms with van der Waals surface area (Å²) in [5, 5.41) is 12.2. The van der Waals surface area contributed by atoms with Crippen molar-refractivity contribution in [3.05, 3.63) is 71.8 Å². The van der Waals surface area contributed by atoms with Crippen molar-refractivity contribution in [1.82, 2.24) is 4.98 Å². The van der Waals surface area contributed by atoms with Gasteiger partial charge in [0, 0.05) is 22.5 Å². The molecule has 0 atom stereocenters. The lowest BCUT2D eigenvalue weighted by Crippen LogP contribution is -2.19. The molecule has 0 amide bonds. The SMILES string of the molecule is COc1ccc2cc3c(N(CO)c4ccccc4)c(C)c(C)cc3nc2c1. The summed E-state index contributed by atoms with van der Waals surface area (Å²) in [6, 6.07) is 20.1. The van der Waals surface area contributed by atoms with E-state index >= 15 is 0 Å². The average molecular weight is 358 g/mol. The summed E-state index contributed by atoms with van der Waals surface area (Å²) in [6.45, 7) is 4.06. The van der Waals surface area contributed by atoms with Crippen molar-refractivity contribution in [3.8, 4) is 5.75 Å². The second-order valence-electron chi connectivity index (χ2n) is 6.69. The molecule has 0 saturated carbocycles. The Morgan fingerprint density at radius 2 is 1.74 bits per heavy atom. The zero-order chi connectivity index (χ0) is 19.0. The number of benzene rings is 3. The van der Waals surface area contributed by atoms with E-state index in [-0.39, 0.29) is 6.73 Å². The Morgan fingerprint density at radius 1 is 0.963 bits per heavy atom. The molecule has 0 aliphatic heterocycles. The Balaban J connectivity index is 2.03. The number of fused-ring (bicyclic) bond motifs is 2. The number of rotatable bonds is 4. The standard InChI is InChI=1S/C23H22N2O2/c1-15-11-22-20(12-17-9-10-19(27-3)13-21(17)24-22)23(16(15)2)25(14-26)18-7-5-4-6-8-18/h4-13,26H,14H2,1-3H3. The van der Waals surface area contributed by atoms with Crippen molar-refractivity contribution in [2.45, 2.75) is 13.8 Å². The summed E-state index contributed by atoms with van der Waals surface area (Å²) >= 11 is 0. The maximum Gasteiger partial charge on any atom is 0.121 e. The quantitative estimate of drug-likeness (QED) is 0.407. The van der Waals surface area contributed by atoms with Crippen molar-refractivity contribution in [1.29, 1.82) is 0 Å². The Bertz CT molecular complexity index is 1120. The van der Waals surface area contributed by atoms with Crippen LogP contribution in [0.2, 0.25) is 0 Å². The van der Waals surface area contributed by atoms with Crippen LogP contribution in [0, 0.1) is 13.8 Å². The monoisotopic (exact) mass is 358 g/mol. The molecule has 0 aliphatic carbocycles. The second kappa shape index (κ2) is 6.89. The highest BCUT2D eigenvalue weighted by Crippen LogP contribution is 2.37.